The van der Waals surface area contributed by atoms with Gasteiger partial charge in [-0.15, -0.1) is 0 Å². The Labute approximate surface area is 190 Å². The monoisotopic (exact) mass is 424 g/mol. The van der Waals surface area contributed by atoms with Gasteiger partial charge in [0, 0.05) is 31.6 Å². The molecule has 3 heteroatoms. The summed E-state index contributed by atoms with van der Waals surface area (Å²) in [4.78, 5) is 14.4. The van der Waals surface area contributed by atoms with Gasteiger partial charge in [-0.05, 0) is 34.1 Å². The van der Waals surface area contributed by atoms with Crippen LogP contribution in [0, 0.1) is 0 Å². The third-order valence-corrected chi connectivity index (χ3v) is 6.28. The SMILES string of the molecule is CCCCCCCCCCCCCCCCCCNC(=O)CCN(C(C)C)C(C)C. The van der Waals surface area contributed by atoms with Gasteiger partial charge in [0.15, 0.2) is 0 Å². The summed E-state index contributed by atoms with van der Waals surface area (Å²) in [6, 6.07) is 0.997. The predicted molar refractivity (Wildman–Crippen MR) is 134 cm³/mol. The summed E-state index contributed by atoms with van der Waals surface area (Å²) in [5.74, 6) is 0.210. The molecule has 0 aliphatic heterocycles. The highest BCUT2D eigenvalue weighted by molar-refractivity contribution is 5.76. The van der Waals surface area contributed by atoms with Crippen LogP contribution in [0.25, 0.3) is 0 Å². The Morgan fingerprint density at radius 1 is 0.633 bits per heavy atom. The number of amides is 1. The molecule has 180 valence electrons. The normalized spacial score (nSPS) is 11.7. The van der Waals surface area contributed by atoms with Crippen LogP contribution in [0.4, 0.5) is 0 Å². The zero-order valence-corrected chi connectivity index (χ0v) is 21.4. The minimum Gasteiger partial charge on any atom is -0.356 e. The summed E-state index contributed by atoms with van der Waals surface area (Å²) < 4.78 is 0. The van der Waals surface area contributed by atoms with E-state index >= 15 is 0 Å². The summed E-state index contributed by atoms with van der Waals surface area (Å²) in [5, 5.41) is 3.10. The molecule has 0 spiro atoms. The zero-order chi connectivity index (χ0) is 22.5. The van der Waals surface area contributed by atoms with Gasteiger partial charge >= 0.3 is 0 Å². The Bertz CT molecular complexity index is 360. The summed E-state index contributed by atoms with van der Waals surface area (Å²) in [6.07, 6.45) is 22.8. The second kappa shape index (κ2) is 21.7. The molecule has 0 unspecified atom stereocenters. The van der Waals surface area contributed by atoms with Crippen molar-refractivity contribution in [3.8, 4) is 0 Å². The van der Waals surface area contributed by atoms with Crippen LogP contribution in [0.1, 0.15) is 144 Å². The smallest absolute Gasteiger partial charge is 0.221 e. The van der Waals surface area contributed by atoms with Gasteiger partial charge in [-0.1, -0.05) is 103 Å². The van der Waals surface area contributed by atoms with Crippen molar-refractivity contribution >= 4 is 5.91 Å². The van der Waals surface area contributed by atoms with E-state index in [0.717, 1.165) is 19.5 Å². The number of carbonyl (C=O) groups excluding carboxylic acids is 1. The van der Waals surface area contributed by atoms with Crippen molar-refractivity contribution in [1.82, 2.24) is 10.2 Å². The third-order valence-electron chi connectivity index (χ3n) is 6.28. The van der Waals surface area contributed by atoms with Crippen LogP contribution in [0.2, 0.25) is 0 Å². The highest BCUT2D eigenvalue weighted by Crippen LogP contribution is 2.13. The number of nitrogens with zero attached hydrogens (tertiary/aromatic N) is 1. The lowest BCUT2D eigenvalue weighted by Crippen LogP contribution is -2.39. The minimum absolute atomic E-state index is 0.210. The molecule has 0 aromatic heterocycles. The maximum absolute atomic E-state index is 12.0. The molecule has 0 atom stereocenters. The molecular formula is C27H56N2O. The second-order valence-electron chi connectivity index (χ2n) is 9.83. The van der Waals surface area contributed by atoms with Gasteiger partial charge in [0.2, 0.25) is 5.91 Å². The van der Waals surface area contributed by atoms with E-state index in [0.29, 0.717) is 18.5 Å². The highest BCUT2D eigenvalue weighted by Gasteiger charge is 2.14. The molecule has 0 heterocycles. The highest BCUT2D eigenvalue weighted by atomic mass is 16.1. The molecular weight excluding hydrogens is 368 g/mol. The quantitative estimate of drug-likeness (QED) is 0.179. The van der Waals surface area contributed by atoms with Crippen molar-refractivity contribution < 1.29 is 4.79 Å². The number of nitrogens with one attached hydrogen (secondary N) is 1. The first-order chi connectivity index (χ1) is 14.5. The lowest BCUT2D eigenvalue weighted by Gasteiger charge is -2.30. The van der Waals surface area contributed by atoms with Gasteiger partial charge in [0.1, 0.15) is 0 Å². The summed E-state index contributed by atoms with van der Waals surface area (Å²) in [5.41, 5.74) is 0. The van der Waals surface area contributed by atoms with Crippen molar-refractivity contribution in [2.45, 2.75) is 156 Å². The van der Waals surface area contributed by atoms with Crippen molar-refractivity contribution in [3.05, 3.63) is 0 Å². The molecule has 0 aliphatic rings. The third kappa shape index (κ3) is 19.4. The van der Waals surface area contributed by atoms with Crippen LogP contribution in [0.5, 0.6) is 0 Å². The fourth-order valence-corrected chi connectivity index (χ4v) is 4.33. The van der Waals surface area contributed by atoms with E-state index < -0.39 is 0 Å². The van der Waals surface area contributed by atoms with Crippen LogP contribution in [0.3, 0.4) is 0 Å². The number of carbonyl (C=O) groups is 1. The topological polar surface area (TPSA) is 32.3 Å². The maximum Gasteiger partial charge on any atom is 0.221 e. The molecule has 0 aromatic rings. The van der Waals surface area contributed by atoms with Gasteiger partial charge in [-0.2, -0.15) is 0 Å². The van der Waals surface area contributed by atoms with Crippen LogP contribution in [-0.2, 0) is 4.79 Å². The van der Waals surface area contributed by atoms with Crippen LogP contribution in [-0.4, -0.2) is 36.0 Å². The van der Waals surface area contributed by atoms with E-state index in [4.69, 9.17) is 0 Å². The van der Waals surface area contributed by atoms with Crippen LogP contribution < -0.4 is 5.32 Å². The molecule has 1 N–H and O–H groups in total. The molecule has 0 fully saturated rings. The van der Waals surface area contributed by atoms with Crippen LogP contribution >= 0.6 is 0 Å². The fourth-order valence-electron chi connectivity index (χ4n) is 4.33. The average Bonchev–Trinajstić information content (AvgIpc) is 2.70. The molecule has 0 aliphatic carbocycles. The lowest BCUT2D eigenvalue weighted by molar-refractivity contribution is -0.121. The van der Waals surface area contributed by atoms with Crippen molar-refractivity contribution in [3.63, 3.8) is 0 Å². The fraction of sp³-hybridized carbons (Fsp3) is 0.963. The molecule has 3 nitrogen and oxygen atoms in total. The van der Waals surface area contributed by atoms with Crippen molar-refractivity contribution in [1.29, 1.82) is 0 Å². The van der Waals surface area contributed by atoms with E-state index in [1.807, 2.05) is 0 Å². The Hall–Kier alpha value is -0.570. The molecule has 0 saturated carbocycles. The first-order valence-electron chi connectivity index (χ1n) is 13.5. The Morgan fingerprint density at radius 2 is 1.00 bits per heavy atom. The molecule has 0 rings (SSSR count). The molecule has 30 heavy (non-hydrogen) atoms. The number of unbranched alkanes of at least 4 members (excludes halogenated alkanes) is 15. The Kier molecular flexibility index (Phi) is 21.2. The summed E-state index contributed by atoms with van der Waals surface area (Å²) in [7, 11) is 0. The molecule has 0 saturated heterocycles. The first-order valence-corrected chi connectivity index (χ1v) is 13.5. The van der Waals surface area contributed by atoms with E-state index in [1.165, 1.54) is 96.3 Å². The minimum atomic E-state index is 0.210. The standard InChI is InChI=1S/C27H56N2O/c1-6-7-8-9-10-11-12-13-14-15-16-17-18-19-20-21-23-28-27(30)22-24-29(25(2)3)26(4)5/h25-26H,6-24H2,1-5H3,(H,28,30). The van der Waals surface area contributed by atoms with E-state index in [2.05, 4.69) is 44.8 Å². The van der Waals surface area contributed by atoms with E-state index in [1.54, 1.807) is 0 Å². The van der Waals surface area contributed by atoms with Crippen molar-refractivity contribution in [2.75, 3.05) is 13.1 Å². The van der Waals surface area contributed by atoms with Crippen molar-refractivity contribution in [2.24, 2.45) is 0 Å². The van der Waals surface area contributed by atoms with Gasteiger partial charge in [-0.25, -0.2) is 0 Å². The predicted octanol–water partition coefficient (Wildman–Crippen LogP) is 7.87. The number of rotatable bonds is 22. The van der Waals surface area contributed by atoms with Gasteiger partial charge < -0.3 is 5.32 Å². The van der Waals surface area contributed by atoms with Gasteiger partial charge in [0.25, 0.3) is 0 Å². The van der Waals surface area contributed by atoms with E-state index in [9.17, 15) is 4.79 Å². The first kappa shape index (κ1) is 29.4. The Morgan fingerprint density at radius 3 is 1.37 bits per heavy atom. The van der Waals surface area contributed by atoms with E-state index in [-0.39, 0.29) is 5.91 Å². The molecule has 0 bridgehead atoms. The lowest BCUT2D eigenvalue weighted by atomic mass is 10.0. The number of hydrogen-bond acceptors (Lipinski definition) is 2. The Balaban J connectivity index is 3.30. The summed E-state index contributed by atoms with van der Waals surface area (Å²) >= 11 is 0. The van der Waals surface area contributed by atoms with Gasteiger partial charge in [-0.3, -0.25) is 9.69 Å². The van der Waals surface area contributed by atoms with Crippen LogP contribution in [0.15, 0.2) is 0 Å². The largest absolute Gasteiger partial charge is 0.356 e. The maximum atomic E-state index is 12.0. The number of hydrogen-bond donors (Lipinski definition) is 1. The second-order valence-corrected chi connectivity index (χ2v) is 9.83. The summed E-state index contributed by atoms with van der Waals surface area (Å²) in [6.45, 7) is 12.8. The average molecular weight is 425 g/mol. The van der Waals surface area contributed by atoms with Gasteiger partial charge in [0.05, 0.1) is 0 Å². The molecule has 0 aromatic carbocycles. The zero-order valence-electron chi connectivity index (χ0n) is 21.4. The molecule has 0 radical (unpaired) electrons. The molecule has 1 amide bonds.